The summed E-state index contributed by atoms with van der Waals surface area (Å²) in [6.07, 6.45) is 3.36. The van der Waals surface area contributed by atoms with Crippen LogP contribution in [0.15, 0.2) is 77.4 Å². The van der Waals surface area contributed by atoms with Gasteiger partial charge in [-0.1, -0.05) is 62.1 Å². The van der Waals surface area contributed by atoms with E-state index in [9.17, 15) is 0 Å². The van der Waals surface area contributed by atoms with Gasteiger partial charge >= 0.3 is 41.9 Å². The van der Waals surface area contributed by atoms with Gasteiger partial charge in [-0.05, 0) is 12.1 Å². The van der Waals surface area contributed by atoms with E-state index in [0.717, 1.165) is 5.02 Å². The van der Waals surface area contributed by atoms with Gasteiger partial charge in [-0.3, -0.25) is 6.08 Å². The first-order chi connectivity index (χ1) is 13.7. The Bertz CT molecular complexity index is 1040. The average molecular weight is 567 g/mol. The van der Waals surface area contributed by atoms with Gasteiger partial charge in [0, 0.05) is 5.02 Å². The van der Waals surface area contributed by atoms with E-state index in [-0.39, 0.29) is 30.2 Å². The first-order valence-corrected chi connectivity index (χ1v) is 16.5. The Morgan fingerprint density at radius 1 is 0.968 bits per heavy atom. The fourth-order valence-corrected chi connectivity index (χ4v) is 3.32. The summed E-state index contributed by atoms with van der Waals surface area (Å²) < 4.78 is 0. The molecule has 1 aliphatic rings. The SMILES string of the molecule is CC1=[C-]C(C)C(C)=C1C.C[Si](C)=[Zr+2].Clc1ccc(-c2c[cH-]c3ccccc23)cc1.[Cl-].[Cl-]. The van der Waals surface area contributed by atoms with Gasteiger partial charge in [0.15, 0.2) is 0 Å². The van der Waals surface area contributed by atoms with Gasteiger partial charge in [-0.2, -0.15) is 11.1 Å². The number of hydrogen-bond donors (Lipinski definition) is 0. The minimum absolute atomic E-state index is 0. The number of benzene rings is 2. The van der Waals surface area contributed by atoms with Gasteiger partial charge in [-0.15, -0.1) is 53.6 Å². The van der Waals surface area contributed by atoms with Crippen LogP contribution in [-0.4, -0.2) is 5.43 Å². The zero-order valence-corrected chi connectivity index (χ0v) is 24.7. The van der Waals surface area contributed by atoms with Crippen molar-refractivity contribution in [1.82, 2.24) is 0 Å². The van der Waals surface area contributed by atoms with E-state index in [2.05, 4.69) is 95.4 Å². The normalized spacial score (nSPS) is 14.4. The van der Waals surface area contributed by atoms with Crippen molar-refractivity contribution < 1.29 is 48.1 Å². The van der Waals surface area contributed by atoms with Crippen LogP contribution in [0.3, 0.4) is 0 Å². The second kappa shape index (κ2) is 14.6. The van der Waals surface area contributed by atoms with Crippen molar-refractivity contribution in [3.05, 3.63) is 88.5 Å². The van der Waals surface area contributed by atoms with E-state index in [4.69, 9.17) is 11.6 Å². The standard InChI is InChI=1S/C15H10Cl.C9H13.C2H6Si.2ClH.Zr/c16-13-8-5-12(6-9-13)15-10-7-11-3-1-2-4-14(11)15;1-6-5-7(2)9(4)8(6)3;1-3-2;;;/h1-10H;6H,1-4H3;1-2H3;2*1H;/q2*-1;;;;+2/p-2. The van der Waals surface area contributed by atoms with Crippen molar-refractivity contribution in [3.63, 3.8) is 0 Å². The molecule has 0 aliphatic heterocycles. The van der Waals surface area contributed by atoms with Crippen LogP contribution in [0.1, 0.15) is 27.7 Å². The molecule has 0 saturated carbocycles. The van der Waals surface area contributed by atoms with Crippen LogP contribution in [0.4, 0.5) is 0 Å². The van der Waals surface area contributed by atoms with E-state index >= 15 is 0 Å². The Morgan fingerprint density at radius 2 is 1.52 bits per heavy atom. The second-order valence-corrected chi connectivity index (χ2v) is 17.5. The number of fused-ring (bicyclic) bond motifs is 1. The summed E-state index contributed by atoms with van der Waals surface area (Å²) in [5, 5.41) is 3.36. The maximum Gasteiger partial charge on any atom is 0.0405 e. The van der Waals surface area contributed by atoms with Crippen LogP contribution in [0, 0.1) is 12.0 Å². The Balaban J connectivity index is 0.000000516. The van der Waals surface area contributed by atoms with Crippen LogP contribution in [-0.2, 0) is 23.3 Å². The molecule has 3 aromatic rings. The van der Waals surface area contributed by atoms with Gasteiger partial charge in [-0.25, -0.2) is 5.57 Å². The molecule has 4 rings (SSSR count). The molecule has 0 saturated heterocycles. The van der Waals surface area contributed by atoms with E-state index in [1.165, 1.54) is 38.6 Å². The largest absolute Gasteiger partial charge is 1.00 e. The number of allylic oxidation sites excluding steroid dienone is 4. The van der Waals surface area contributed by atoms with Crippen molar-refractivity contribution in [1.29, 1.82) is 0 Å². The summed E-state index contributed by atoms with van der Waals surface area (Å²) in [4.78, 5) is 0. The molecule has 5 heteroatoms. The molecule has 0 amide bonds. The predicted molar refractivity (Wildman–Crippen MR) is 127 cm³/mol. The molecule has 31 heavy (non-hydrogen) atoms. The Kier molecular flexibility index (Phi) is 14.4. The molecule has 0 heterocycles. The van der Waals surface area contributed by atoms with Gasteiger partial charge in [0.25, 0.3) is 0 Å². The maximum atomic E-state index is 5.89. The molecule has 164 valence electrons. The zero-order valence-electron chi connectivity index (χ0n) is 19.0. The molecule has 0 bridgehead atoms. The van der Waals surface area contributed by atoms with E-state index < -0.39 is 0 Å². The molecule has 3 aromatic carbocycles. The molecule has 1 aliphatic carbocycles. The van der Waals surface area contributed by atoms with Crippen molar-refractivity contribution in [2.24, 2.45) is 5.92 Å². The van der Waals surface area contributed by atoms with Gasteiger partial charge < -0.3 is 24.8 Å². The molecule has 1 unspecified atom stereocenters. The maximum absolute atomic E-state index is 5.89. The quantitative estimate of drug-likeness (QED) is 0.313. The first kappa shape index (κ1) is 30.5. The van der Waals surface area contributed by atoms with Crippen LogP contribution in [0.2, 0.25) is 18.1 Å². The van der Waals surface area contributed by atoms with Crippen molar-refractivity contribution in [2.45, 2.75) is 40.8 Å². The molecule has 0 spiro atoms. The molecule has 0 aromatic heterocycles. The third-order valence-electron chi connectivity index (χ3n) is 5.07. The molecular formula is C26H29Cl3SiZr-2. The van der Waals surface area contributed by atoms with Crippen molar-refractivity contribution in [2.75, 3.05) is 0 Å². The second-order valence-electron chi connectivity index (χ2n) is 7.64. The minimum Gasteiger partial charge on any atom is -1.00 e. The average Bonchev–Trinajstić information content (AvgIpc) is 3.20. The summed E-state index contributed by atoms with van der Waals surface area (Å²) in [7, 11) is 0. The van der Waals surface area contributed by atoms with Gasteiger partial charge in [0.1, 0.15) is 0 Å². The van der Waals surface area contributed by atoms with Crippen LogP contribution in [0.5, 0.6) is 0 Å². The van der Waals surface area contributed by atoms with Gasteiger partial charge in [0.05, 0.1) is 0 Å². The molecular weight excluding hydrogens is 538 g/mol. The third kappa shape index (κ3) is 9.10. The van der Waals surface area contributed by atoms with E-state index in [1.807, 2.05) is 12.1 Å². The van der Waals surface area contributed by atoms with Crippen LogP contribution < -0.4 is 24.8 Å². The Morgan fingerprint density at radius 3 is 1.97 bits per heavy atom. The first-order valence-electron chi connectivity index (χ1n) is 9.90. The fraction of sp³-hybridized carbons (Fsp3) is 0.269. The molecule has 0 N–H and O–H groups in total. The van der Waals surface area contributed by atoms with Crippen LogP contribution in [0.25, 0.3) is 21.9 Å². The van der Waals surface area contributed by atoms with Gasteiger partial charge in [0.2, 0.25) is 0 Å². The summed E-state index contributed by atoms with van der Waals surface area (Å²) in [5.74, 6) is 0.560. The van der Waals surface area contributed by atoms with Crippen molar-refractivity contribution in [3.8, 4) is 11.1 Å². The fourth-order valence-electron chi connectivity index (χ4n) is 3.19. The molecule has 0 radical (unpaired) electrons. The smallest absolute Gasteiger partial charge is 0.0405 e. The van der Waals surface area contributed by atoms with E-state index in [0.29, 0.717) is 5.92 Å². The summed E-state index contributed by atoms with van der Waals surface area (Å²) >= 11 is 7.63. The molecule has 0 fully saturated rings. The Hall–Kier alpha value is -0.500. The molecule has 0 nitrogen and oxygen atoms in total. The number of hydrogen-bond acceptors (Lipinski definition) is 0. The molecule has 1 atom stereocenters. The topological polar surface area (TPSA) is 0 Å². The van der Waals surface area contributed by atoms with E-state index in [1.54, 1.807) is 23.3 Å². The van der Waals surface area contributed by atoms with Crippen LogP contribution >= 0.6 is 11.6 Å². The number of halogens is 3. The Labute approximate surface area is 220 Å². The minimum atomic E-state index is 0. The summed E-state index contributed by atoms with van der Waals surface area (Å²) in [6, 6.07) is 20.7. The monoisotopic (exact) mass is 564 g/mol. The summed E-state index contributed by atoms with van der Waals surface area (Å²) in [5.41, 5.74) is 6.94. The predicted octanol–water partition coefficient (Wildman–Crippen LogP) is 2.39. The zero-order chi connectivity index (χ0) is 21.6. The van der Waals surface area contributed by atoms with Crippen molar-refractivity contribution >= 4 is 27.8 Å². The summed E-state index contributed by atoms with van der Waals surface area (Å²) in [6.45, 7) is 13.3. The third-order valence-corrected chi connectivity index (χ3v) is 5.32. The number of rotatable bonds is 1.